The fourth-order valence-corrected chi connectivity index (χ4v) is 5.55. The van der Waals surface area contributed by atoms with Gasteiger partial charge in [-0.25, -0.2) is 8.42 Å². The van der Waals surface area contributed by atoms with Crippen molar-refractivity contribution in [2.45, 2.75) is 56.0 Å². The van der Waals surface area contributed by atoms with Crippen molar-refractivity contribution in [3.63, 3.8) is 0 Å². The molecule has 2 unspecified atom stereocenters. The van der Waals surface area contributed by atoms with Crippen LogP contribution in [0.25, 0.3) is 0 Å². The van der Waals surface area contributed by atoms with E-state index in [1.165, 1.54) is 0 Å². The van der Waals surface area contributed by atoms with Gasteiger partial charge in [0.25, 0.3) is 5.91 Å². The van der Waals surface area contributed by atoms with Crippen LogP contribution in [0.15, 0.2) is 29.2 Å². The molecule has 2 aliphatic rings. The highest BCUT2D eigenvalue weighted by Crippen LogP contribution is 2.26. The molecule has 2 N–H and O–H groups in total. The molecule has 2 saturated heterocycles. The molecule has 2 atom stereocenters. The van der Waals surface area contributed by atoms with Gasteiger partial charge in [-0.3, -0.25) is 4.79 Å². The number of nitrogens with zero attached hydrogens (tertiary/aromatic N) is 2. The number of amides is 1. The largest absolute Gasteiger partial charge is 0.334 e. The van der Waals surface area contributed by atoms with Gasteiger partial charge in [0.05, 0.1) is 4.90 Å². The molecule has 0 bridgehead atoms. The highest BCUT2D eigenvalue weighted by Gasteiger charge is 2.32. The van der Waals surface area contributed by atoms with Crippen molar-refractivity contribution in [2.24, 2.45) is 5.73 Å². The Labute approximate surface area is 150 Å². The first-order chi connectivity index (χ1) is 11.9. The second-order valence-corrected chi connectivity index (χ2v) is 8.91. The summed E-state index contributed by atoms with van der Waals surface area (Å²) in [6.07, 6.45) is 4.76. The third kappa shape index (κ3) is 3.59. The van der Waals surface area contributed by atoms with Gasteiger partial charge in [0.2, 0.25) is 10.0 Å². The smallest absolute Gasteiger partial charge is 0.254 e. The SMILES string of the molecule is CC1CCCCN1S(=O)(=O)c1ccc(C(=O)N2CCCC2CN)cc1. The van der Waals surface area contributed by atoms with E-state index < -0.39 is 10.0 Å². The minimum Gasteiger partial charge on any atom is -0.334 e. The van der Waals surface area contributed by atoms with Gasteiger partial charge in [0.1, 0.15) is 0 Å². The van der Waals surface area contributed by atoms with Crippen LogP contribution in [0.1, 0.15) is 49.4 Å². The Morgan fingerprint density at radius 2 is 1.84 bits per heavy atom. The van der Waals surface area contributed by atoms with Crippen molar-refractivity contribution in [2.75, 3.05) is 19.6 Å². The number of carbonyl (C=O) groups excluding carboxylic acids is 1. The highest BCUT2D eigenvalue weighted by molar-refractivity contribution is 7.89. The molecule has 0 aromatic heterocycles. The standard InChI is InChI=1S/C18H27N3O3S/c1-14-5-2-3-12-21(14)25(23,24)17-9-7-15(8-10-17)18(22)20-11-4-6-16(20)13-19/h7-10,14,16H,2-6,11-13,19H2,1H3. The summed E-state index contributed by atoms with van der Waals surface area (Å²) < 4.78 is 27.3. The van der Waals surface area contributed by atoms with E-state index in [1.807, 2.05) is 6.92 Å². The number of sulfonamides is 1. The maximum absolute atomic E-state index is 12.8. The molecule has 2 heterocycles. The topological polar surface area (TPSA) is 83.7 Å². The zero-order valence-electron chi connectivity index (χ0n) is 14.7. The van der Waals surface area contributed by atoms with Crippen LogP contribution >= 0.6 is 0 Å². The lowest BCUT2D eigenvalue weighted by Crippen LogP contribution is -2.42. The maximum atomic E-state index is 12.8. The molecule has 7 heteroatoms. The first kappa shape index (κ1) is 18.4. The molecule has 1 amide bonds. The van der Waals surface area contributed by atoms with Gasteiger partial charge in [0.15, 0.2) is 0 Å². The predicted molar refractivity (Wildman–Crippen MR) is 96.8 cm³/mol. The molecule has 1 aromatic carbocycles. The van der Waals surface area contributed by atoms with Crippen molar-refractivity contribution in [3.05, 3.63) is 29.8 Å². The van der Waals surface area contributed by atoms with Crippen LogP contribution in [0.5, 0.6) is 0 Å². The molecular weight excluding hydrogens is 338 g/mol. The molecule has 138 valence electrons. The Morgan fingerprint density at radius 3 is 2.48 bits per heavy atom. The first-order valence-corrected chi connectivity index (χ1v) is 10.5. The quantitative estimate of drug-likeness (QED) is 0.882. The van der Waals surface area contributed by atoms with Gasteiger partial charge >= 0.3 is 0 Å². The molecule has 2 aliphatic heterocycles. The van der Waals surface area contributed by atoms with E-state index in [0.29, 0.717) is 25.2 Å². The molecule has 0 spiro atoms. The van der Waals surface area contributed by atoms with E-state index in [4.69, 9.17) is 5.73 Å². The molecule has 2 fully saturated rings. The Kier molecular flexibility index (Phi) is 5.46. The third-order valence-electron chi connectivity index (χ3n) is 5.36. The van der Waals surface area contributed by atoms with E-state index in [0.717, 1.165) is 32.1 Å². The van der Waals surface area contributed by atoms with Gasteiger partial charge < -0.3 is 10.6 Å². The van der Waals surface area contributed by atoms with Gasteiger partial charge in [0, 0.05) is 37.3 Å². The predicted octanol–water partition coefficient (Wildman–Crippen LogP) is 1.81. The third-order valence-corrected chi connectivity index (χ3v) is 7.39. The molecule has 0 radical (unpaired) electrons. The van der Waals surface area contributed by atoms with Crippen LogP contribution in [-0.4, -0.2) is 55.2 Å². The summed E-state index contributed by atoms with van der Waals surface area (Å²) in [6, 6.07) is 6.46. The summed E-state index contributed by atoms with van der Waals surface area (Å²) >= 11 is 0. The zero-order chi connectivity index (χ0) is 18.0. The zero-order valence-corrected chi connectivity index (χ0v) is 15.5. The second-order valence-electron chi connectivity index (χ2n) is 7.02. The minimum atomic E-state index is -3.50. The highest BCUT2D eigenvalue weighted by atomic mass is 32.2. The van der Waals surface area contributed by atoms with Crippen LogP contribution in [0.2, 0.25) is 0 Å². The fraction of sp³-hybridized carbons (Fsp3) is 0.611. The molecule has 0 saturated carbocycles. The molecule has 0 aliphatic carbocycles. The molecule has 25 heavy (non-hydrogen) atoms. The Hall–Kier alpha value is -1.44. The average molecular weight is 365 g/mol. The molecule has 1 aromatic rings. The van der Waals surface area contributed by atoms with Crippen molar-refractivity contribution in [1.82, 2.24) is 9.21 Å². The van der Waals surface area contributed by atoms with Crippen molar-refractivity contribution >= 4 is 15.9 Å². The van der Waals surface area contributed by atoms with E-state index in [-0.39, 0.29) is 22.9 Å². The van der Waals surface area contributed by atoms with Crippen molar-refractivity contribution in [1.29, 1.82) is 0 Å². The number of hydrogen-bond donors (Lipinski definition) is 1. The summed E-state index contributed by atoms with van der Waals surface area (Å²) in [4.78, 5) is 14.7. The van der Waals surface area contributed by atoms with E-state index in [1.54, 1.807) is 33.5 Å². The summed E-state index contributed by atoms with van der Waals surface area (Å²) in [5.41, 5.74) is 6.26. The Bertz CT molecular complexity index is 718. The normalized spacial score (nSPS) is 25.3. The van der Waals surface area contributed by atoms with Gasteiger partial charge in [-0.15, -0.1) is 0 Å². The van der Waals surface area contributed by atoms with Crippen LogP contribution in [0.4, 0.5) is 0 Å². The van der Waals surface area contributed by atoms with Crippen LogP contribution < -0.4 is 5.73 Å². The summed E-state index contributed by atoms with van der Waals surface area (Å²) in [6.45, 7) is 3.70. The van der Waals surface area contributed by atoms with Gasteiger partial charge in [-0.1, -0.05) is 6.42 Å². The van der Waals surface area contributed by atoms with Crippen LogP contribution in [0, 0.1) is 0 Å². The maximum Gasteiger partial charge on any atom is 0.254 e. The number of benzene rings is 1. The number of piperidine rings is 1. The van der Waals surface area contributed by atoms with Crippen molar-refractivity contribution in [3.8, 4) is 0 Å². The first-order valence-electron chi connectivity index (χ1n) is 9.08. The lowest BCUT2D eigenvalue weighted by molar-refractivity contribution is 0.0741. The number of rotatable bonds is 4. The second kappa shape index (κ2) is 7.43. The van der Waals surface area contributed by atoms with E-state index in [2.05, 4.69) is 0 Å². The number of likely N-dealkylation sites (tertiary alicyclic amines) is 1. The van der Waals surface area contributed by atoms with Gasteiger partial charge in [-0.2, -0.15) is 4.31 Å². The fourth-order valence-electron chi connectivity index (χ4n) is 3.85. The number of carbonyl (C=O) groups is 1. The van der Waals surface area contributed by atoms with Crippen LogP contribution in [-0.2, 0) is 10.0 Å². The lowest BCUT2D eigenvalue weighted by atomic mass is 10.1. The number of hydrogen-bond acceptors (Lipinski definition) is 4. The molecule has 3 rings (SSSR count). The van der Waals surface area contributed by atoms with Crippen LogP contribution in [0.3, 0.4) is 0 Å². The molecule has 6 nitrogen and oxygen atoms in total. The Balaban J connectivity index is 1.79. The monoisotopic (exact) mass is 365 g/mol. The van der Waals surface area contributed by atoms with Gasteiger partial charge in [-0.05, 0) is 56.9 Å². The minimum absolute atomic E-state index is 0.0231. The summed E-state index contributed by atoms with van der Waals surface area (Å²) in [5, 5.41) is 0. The molecular formula is C18H27N3O3S. The van der Waals surface area contributed by atoms with E-state index in [9.17, 15) is 13.2 Å². The van der Waals surface area contributed by atoms with Crippen molar-refractivity contribution < 1.29 is 13.2 Å². The van der Waals surface area contributed by atoms with E-state index >= 15 is 0 Å². The summed E-state index contributed by atoms with van der Waals surface area (Å²) in [5.74, 6) is -0.0664. The number of nitrogens with two attached hydrogens (primary N) is 1. The Morgan fingerprint density at radius 1 is 1.12 bits per heavy atom. The lowest BCUT2D eigenvalue weighted by Gasteiger charge is -2.32. The average Bonchev–Trinajstić information content (AvgIpc) is 3.10. The summed E-state index contributed by atoms with van der Waals surface area (Å²) in [7, 11) is -3.50.